The molecule has 0 saturated heterocycles. The lowest BCUT2D eigenvalue weighted by molar-refractivity contribution is -0.384. The Balaban J connectivity index is 2.50. The van der Waals surface area contributed by atoms with Crippen LogP contribution in [0.15, 0.2) is 64.5 Å². The summed E-state index contributed by atoms with van der Waals surface area (Å²) in [5.41, 5.74) is 0.178. The van der Waals surface area contributed by atoms with Crippen LogP contribution in [0.3, 0.4) is 0 Å². The summed E-state index contributed by atoms with van der Waals surface area (Å²) in [6, 6.07) is 9.44. The summed E-state index contributed by atoms with van der Waals surface area (Å²) in [5.74, 6) is 0. The van der Waals surface area contributed by atoms with Crippen molar-refractivity contribution in [2.24, 2.45) is 0 Å². The normalized spacial score (nSPS) is 11.1. The van der Waals surface area contributed by atoms with E-state index < -0.39 is 14.9 Å². The van der Waals surface area contributed by atoms with Crippen molar-refractivity contribution in [1.29, 1.82) is 0 Å². The lowest BCUT2D eigenvalue weighted by Crippen LogP contribution is -2.31. The van der Waals surface area contributed by atoms with Crippen LogP contribution in [-0.2, 0) is 10.0 Å². The fourth-order valence-electron chi connectivity index (χ4n) is 1.97. The van der Waals surface area contributed by atoms with Gasteiger partial charge in [0.05, 0.1) is 27.1 Å². The quantitative estimate of drug-likeness (QED) is 0.386. The van der Waals surface area contributed by atoms with Crippen molar-refractivity contribution in [3.05, 3.63) is 74.7 Å². The number of non-ortho nitro benzene ring substituents is 1. The van der Waals surface area contributed by atoms with Crippen LogP contribution >= 0.6 is 27.5 Å². The first-order chi connectivity index (χ1) is 11.3. The van der Waals surface area contributed by atoms with Crippen molar-refractivity contribution in [3.8, 4) is 0 Å². The van der Waals surface area contributed by atoms with Gasteiger partial charge in [-0.05, 0) is 46.3 Å². The molecule has 0 atom stereocenters. The predicted octanol–water partition coefficient (Wildman–Crippen LogP) is 4.39. The zero-order chi connectivity index (χ0) is 17.9. The van der Waals surface area contributed by atoms with Crippen molar-refractivity contribution >= 4 is 48.9 Å². The van der Waals surface area contributed by atoms with Gasteiger partial charge in [0.15, 0.2) is 0 Å². The molecule has 0 aliphatic rings. The summed E-state index contributed by atoms with van der Waals surface area (Å²) in [4.78, 5) is 10.1. The average molecular weight is 432 g/mol. The van der Waals surface area contributed by atoms with E-state index in [1.54, 1.807) is 12.1 Å². The highest BCUT2D eigenvalue weighted by molar-refractivity contribution is 9.10. The molecular formula is C15H12BrClN2O4S. The highest BCUT2D eigenvalue weighted by atomic mass is 79.9. The lowest BCUT2D eigenvalue weighted by atomic mass is 10.3. The number of hydrogen-bond acceptors (Lipinski definition) is 4. The molecule has 0 spiro atoms. The number of benzene rings is 2. The van der Waals surface area contributed by atoms with Gasteiger partial charge in [0.25, 0.3) is 15.7 Å². The van der Waals surface area contributed by atoms with E-state index >= 15 is 0 Å². The van der Waals surface area contributed by atoms with Gasteiger partial charge in [-0.3, -0.25) is 14.4 Å². The molecule has 0 aliphatic heterocycles. The summed E-state index contributed by atoms with van der Waals surface area (Å²) >= 11 is 9.29. The topological polar surface area (TPSA) is 80.5 Å². The van der Waals surface area contributed by atoms with Crippen LogP contribution in [0.1, 0.15) is 0 Å². The fraction of sp³-hybridized carbons (Fsp3) is 0.0667. The van der Waals surface area contributed by atoms with Gasteiger partial charge in [-0.2, -0.15) is 0 Å². The number of halogens is 2. The molecule has 6 nitrogen and oxygen atoms in total. The third-order valence-corrected chi connectivity index (χ3v) is 6.16. The van der Waals surface area contributed by atoms with Crippen LogP contribution in [0.2, 0.25) is 5.02 Å². The number of sulfonamides is 1. The first-order valence-electron chi connectivity index (χ1n) is 6.60. The smallest absolute Gasteiger partial charge is 0.262 e. The summed E-state index contributed by atoms with van der Waals surface area (Å²) in [6.45, 7) is 3.60. The molecule has 126 valence electrons. The molecule has 0 radical (unpaired) electrons. The summed E-state index contributed by atoms with van der Waals surface area (Å²) < 4.78 is 27.5. The second-order valence-electron chi connectivity index (χ2n) is 4.67. The van der Waals surface area contributed by atoms with Crippen molar-refractivity contribution in [3.63, 3.8) is 0 Å². The lowest BCUT2D eigenvalue weighted by Gasteiger charge is -2.23. The second-order valence-corrected chi connectivity index (χ2v) is 7.80. The number of hydrogen-bond donors (Lipinski definition) is 0. The molecule has 2 aromatic carbocycles. The molecule has 2 aromatic rings. The Bertz CT molecular complexity index is 885. The zero-order valence-electron chi connectivity index (χ0n) is 12.2. The Kier molecular flexibility index (Phi) is 5.63. The van der Waals surface area contributed by atoms with Crippen molar-refractivity contribution in [2.45, 2.75) is 4.90 Å². The third kappa shape index (κ3) is 3.77. The monoisotopic (exact) mass is 430 g/mol. The maximum absolute atomic E-state index is 12.9. The van der Waals surface area contributed by atoms with Crippen molar-refractivity contribution in [2.75, 3.05) is 10.8 Å². The SMILES string of the molecule is C=CCN(c1ccc(Br)c(Cl)c1)S(=O)(=O)c1ccc([N+](=O)[O-])cc1. The molecule has 0 heterocycles. The number of nitro groups is 1. The molecule has 0 aromatic heterocycles. The fourth-order valence-corrected chi connectivity index (χ4v) is 3.82. The zero-order valence-corrected chi connectivity index (χ0v) is 15.4. The molecule has 0 amide bonds. The number of nitrogens with zero attached hydrogens (tertiary/aromatic N) is 2. The Labute approximate surface area is 152 Å². The predicted molar refractivity (Wildman–Crippen MR) is 97.0 cm³/mol. The van der Waals surface area contributed by atoms with Gasteiger partial charge in [-0.1, -0.05) is 17.7 Å². The molecule has 0 fully saturated rings. The van der Waals surface area contributed by atoms with E-state index in [-0.39, 0.29) is 17.1 Å². The first kappa shape index (κ1) is 18.4. The Morgan fingerprint density at radius 3 is 2.38 bits per heavy atom. The molecule has 9 heteroatoms. The van der Waals surface area contributed by atoms with E-state index in [1.807, 2.05) is 0 Å². The summed E-state index contributed by atoms with van der Waals surface area (Å²) in [7, 11) is -3.92. The molecule has 0 aliphatic carbocycles. The summed E-state index contributed by atoms with van der Waals surface area (Å²) in [6.07, 6.45) is 1.44. The Morgan fingerprint density at radius 1 is 1.25 bits per heavy atom. The number of rotatable bonds is 6. The number of nitro benzene ring substituents is 1. The second kappa shape index (κ2) is 7.33. The standard InChI is InChI=1S/C15H12BrClN2O4S/c1-2-9-18(12-5-8-14(16)15(17)10-12)24(22,23)13-6-3-11(4-7-13)19(20)21/h2-8,10H,1,9H2. The minimum atomic E-state index is -3.92. The van der Waals surface area contributed by atoms with Crippen LogP contribution in [-0.4, -0.2) is 19.9 Å². The molecule has 0 saturated carbocycles. The average Bonchev–Trinajstić information content (AvgIpc) is 2.55. The first-order valence-corrected chi connectivity index (χ1v) is 9.21. The van der Waals surface area contributed by atoms with Gasteiger partial charge in [-0.15, -0.1) is 6.58 Å². The molecule has 0 N–H and O–H groups in total. The van der Waals surface area contributed by atoms with Gasteiger partial charge in [-0.25, -0.2) is 8.42 Å². The van der Waals surface area contributed by atoms with Gasteiger partial charge < -0.3 is 0 Å². The highest BCUT2D eigenvalue weighted by Gasteiger charge is 2.25. The van der Waals surface area contributed by atoms with E-state index in [0.29, 0.717) is 15.2 Å². The highest BCUT2D eigenvalue weighted by Crippen LogP contribution is 2.31. The maximum Gasteiger partial charge on any atom is 0.269 e. The largest absolute Gasteiger partial charge is 0.269 e. The van der Waals surface area contributed by atoms with Crippen LogP contribution < -0.4 is 4.31 Å². The van der Waals surface area contributed by atoms with E-state index in [4.69, 9.17) is 11.6 Å². The maximum atomic E-state index is 12.9. The minimum absolute atomic E-state index is 0.0251. The minimum Gasteiger partial charge on any atom is -0.262 e. The Morgan fingerprint density at radius 2 is 1.88 bits per heavy atom. The molecule has 24 heavy (non-hydrogen) atoms. The van der Waals surface area contributed by atoms with E-state index in [1.165, 1.54) is 24.3 Å². The molecular weight excluding hydrogens is 420 g/mol. The third-order valence-electron chi connectivity index (χ3n) is 3.12. The van der Waals surface area contributed by atoms with E-state index in [2.05, 4.69) is 22.5 Å². The van der Waals surface area contributed by atoms with Gasteiger partial charge >= 0.3 is 0 Å². The van der Waals surface area contributed by atoms with E-state index in [9.17, 15) is 18.5 Å². The summed E-state index contributed by atoms with van der Waals surface area (Å²) in [5, 5.41) is 11.1. The Hall–Kier alpha value is -1.90. The molecule has 2 rings (SSSR count). The van der Waals surface area contributed by atoms with Gasteiger partial charge in [0.2, 0.25) is 0 Å². The van der Waals surface area contributed by atoms with Crippen molar-refractivity contribution in [1.82, 2.24) is 0 Å². The molecule has 0 bridgehead atoms. The van der Waals surface area contributed by atoms with E-state index in [0.717, 1.165) is 16.4 Å². The van der Waals surface area contributed by atoms with Gasteiger partial charge in [0, 0.05) is 16.6 Å². The van der Waals surface area contributed by atoms with Crippen LogP contribution in [0.5, 0.6) is 0 Å². The van der Waals surface area contributed by atoms with Crippen LogP contribution in [0, 0.1) is 10.1 Å². The number of anilines is 1. The molecule has 0 unspecified atom stereocenters. The van der Waals surface area contributed by atoms with Crippen molar-refractivity contribution < 1.29 is 13.3 Å². The van der Waals surface area contributed by atoms with Gasteiger partial charge in [0.1, 0.15) is 0 Å². The van der Waals surface area contributed by atoms with Crippen LogP contribution in [0.25, 0.3) is 0 Å². The van der Waals surface area contributed by atoms with Crippen LogP contribution in [0.4, 0.5) is 11.4 Å².